The highest BCUT2D eigenvalue weighted by molar-refractivity contribution is 7.98. The molecule has 2 aromatic rings. The average molecular weight is 305 g/mol. The van der Waals surface area contributed by atoms with Gasteiger partial charge < -0.3 is 0 Å². The summed E-state index contributed by atoms with van der Waals surface area (Å²) in [6.07, 6.45) is 2.75. The lowest BCUT2D eigenvalue weighted by Crippen LogP contribution is -2.29. The highest BCUT2D eigenvalue weighted by atomic mass is 32.2. The van der Waals surface area contributed by atoms with Crippen molar-refractivity contribution in [3.8, 4) is 0 Å². The monoisotopic (exact) mass is 305 g/mol. The average Bonchev–Trinajstić information content (AvgIpc) is 2.92. The van der Waals surface area contributed by atoms with E-state index in [2.05, 4.69) is 0 Å². The smallest absolute Gasteiger partial charge is 0.264 e. The molecule has 20 heavy (non-hydrogen) atoms. The van der Waals surface area contributed by atoms with Crippen molar-refractivity contribution in [2.75, 3.05) is 17.1 Å². The lowest BCUT2D eigenvalue weighted by molar-refractivity contribution is 0.592. The normalized spacial score (nSPS) is 14.3. The van der Waals surface area contributed by atoms with Crippen molar-refractivity contribution in [1.82, 2.24) is 0 Å². The number of para-hydroxylation sites is 1. The van der Waals surface area contributed by atoms with Gasteiger partial charge in [-0.15, -0.1) is 11.8 Å². The minimum atomic E-state index is -3.45. The number of benzene rings is 2. The summed E-state index contributed by atoms with van der Waals surface area (Å²) in [6, 6.07) is 14.7. The maximum atomic E-state index is 12.7. The minimum absolute atomic E-state index is 0.354. The summed E-state index contributed by atoms with van der Waals surface area (Å²) < 4.78 is 26.9. The maximum absolute atomic E-state index is 12.7. The molecule has 0 atom stereocenters. The van der Waals surface area contributed by atoms with E-state index in [0.717, 1.165) is 22.6 Å². The number of thioether (sulfide) groups is 1. The second-order valence-electron chi connectivity index (χ2n) is 4.63. The van der Waals surface area contributed by atoms with E-state index < -0.39 is 10.0 Å². The van der Waals surface area contributed by atoms with Crippen LogP contribution in [-0.2, 0) is 16.4 Å². The Hall–Kier alpha value is -1.46. The summed E-state index contributed by atoms with van der Waals surface area (Å²) in [5.74, 6) is 0. The summed E-state index contributed by atoms with van der Waals surface area (Å²) in [6.45, 7) is 0.520. The highest BCUT2D eigenvalue weighted by Crippen LogP contribution is 2.32. The Bertz CT molecular complexity index is 724. The standard InChI is InChI=1S/C15H15NO2S2/c1-19-13-6-8-14(9-7-13)20(17,18)16-11-10-12-4-2-3-5-15(12)16/h2-9H,10-11H2,1H3. The van der Waals surface area contributed by atoms with Gasteiger partial charge in [0.1, 0.15) is 0 Å². The van der Waals surface area contributed by atoms with Gasteiger partial charge in [0.2, 0.25) is 0 Å². The first-order valence-corrected chi connectivity index (χ1v) is 9.04. The van der Waals surface area contributed by atoms with Gasteiger partial charge in [-0.2, -0.15) is 0 Å². The fourth-order valence-electron chi connectivity index (χ4n) is 2.43. The number of anilines is 1. The van der Waals surface area contributed by atoms with E-state index in [4.69, 9.17) is 0 Å². The van der Waals surface area contributed by atoms with Crippen LogP contribution in [0.3, 0.4) is 0 Å². The molecule has 0 N–H and O–H groups in total. The first-order valence-electron chi connectivity index (χ1n) is 6.37. The topological polar surface area (TPSA) is 37.4 Å². The predicted octanol–water partition coefficient (Wildman–Crippen LogP) is 3.16. The van der Waals surface area contributed by atoms with E-state index in [1.54, 1.807) is 23.9 Å². The molecule has 1 aliphatic rings. The Morgan fingerprint density at radius 3 is 2.45 bits per heavy atom. The van der Waals surface area contributed by atoms with Gasteiger partial charge in [0.05, 0.1) is 10.6 Å². The third-order valence-corrected chi connectivity index (χ3v) is 6.06. The van der Waals surface area contributed by atoms with E-state index in [0.29, 0.717) is 11.4 Å². The van der Waals surface area contributed by atoms with Crippen LogP contribution in [0.15, 0.2) is 58.3 Å². The van der Waals surface area contributed by atoms with Crippen LogP contribution in [0.5, 0.6) is 0 Å². The quantitative estimate of drug-likeness (QED) is 0.818. The van der Waals surface area contributed by atoms with Crippen molar-refractivity contribution in [2.24, 2.45) is 0 Å². The number of rotatable bonds is 3. The molecule has 0 aliphatic carbocycles. The highest BCUT2D eigenvalue weighted by Gasteiger charge is 2.30. The number of sulfonamides is 1. The molecule has 1 aliphatic heterocycles. The third-order valence-electron chi connectivity index (χ3n) is 3.49. The van der Waals surface area contributed by atoms with Gasteiger partial charge in [0.15, 0.2) is 0 Å². The molecule has 3 rings (SSSR count). The molecule has 0 spiro atoms. The first-order chi connectivity index (χ1) is 9.63. The van der Waals surface area contributed by atoms with Crippen molar-refractivity contribution in [3.63, 3.8) is 0 Å². The van der Waals surface area contributed by atoms with E-state index >= 15 is 0 Å². The Labute approximate surface area is 123 Å². The molecule has 3 nitrogen and oxygen atoms in total. The van der Waals surface area contributed by atoms with Crippen LogP contribution in [-0.4, -0.2) is 21.2 Å². The van der Waals surface area contributed by atoms with Gasteiger partial charge in [0, 0.05) is 11.4 Å². The van der Waals surface area contributed by atoms with Gasteiger partial charge in [-0.3, -0.25) is 4.31 Å². The molecule has 0 radical (unpaired) electrons. The second-order valence-corrected chi connectivity index (χ2v) is 7.37. The lowest BCUT2D eigenvalue weighted by atomic mass is 10.2. The Balaban J connectivity index is 2.00. The molecule has 1 heterocycles. The first kappa shape index (κ1) is 13.5. The van der Waals surface area contributed by atoms with Gasteiger partial charge in [0.25, 0.3) is 10.0 Å². The maximum Gasteiger partial charge on any atom is 0.264 e. The van der Waals surface area contributed by atoms with Gasteiger partial charge in [-0.25, -0.2) is 8.42 Å². The molecule has 0 aromatic heterocycles. The fraction of sp³-hybridized carbons (Fsp3) is 0.200. The van der Waals surface area contributed by atoms with Crippen LogP contribution in [0.1, 0.15) is 5.56 Å². The van der Waals surface area contributed by atoms with Crippen LogP contribution < -0.4 is 4.31 Å². The van der Waals surface area contributed by atoms with Gasteiger partial charge in [-0.05, 0) is 48.6 Å². The Morgan fingerprint density at radius 1 is 1.05 bits per heavy atom. The molecule has 2 aromatic carbocycles. The number of hydrogen-bond acceptors (Lipinski definition) is 3. The summed E-state index contributed by atoms with van der Waals surface area (Å²) >= 11 is 1.60. The Morgan fingerprint density at radius 2 is 1.75 bits per heavy atom. The summed E-state index contributed by atoms with van der Waals surface area (Å²) in [4.78, 5) is 1.41. The minimum Gasteiger partial charge on any atom is -0.266 e. The van der Waals surface area contributed by atoms with Crippen LogP contribution in [0.4, 0.5) is 5.69 Å². The zero-order valence-corrected chi connectivity index (χ0v) is 12.7. The molecule has 0 fully saturated rings. The summed E-state index contributed by atoms with van der Waals surface area (Å²) in [5, 5.41) is 0. The van der Waals surface area contributed by atoms with E-state index in [9.17, 15) is 8.42 Å². The van der Waals surface area contributed by atoms with Crippen molar-refractivity contribution in [3.05, 3.63) is 54.1 Å². The largest absolute Gasteiger partial charge is 0.266 e. The van der Waals surface area contributed by atoms with Crippen LogP contribution >= 0.6 is 11.8 Å². The van der Waals surface area contributed by atoms with Crippen LogP contribution in [0.2, 0.25) is 0 Å². The van der Waals surface area contributed by atoms with Crippen LogP contribution in [0.25, 0.3) is 0 Å². The lowest BCUT2D eigenvalue weighted by Gasteiger charge is -2.19. The number of hydrogen-bond donors (Lipinski definition) is 0. The van der Waals surface area contributed by atoms with Gasteiger partial charge in [-0.1, -0.05) is 18.2 Å². The third kappa shape index (κ3) is 2.21. The van der Waals surface area contributed by atoms with E-state index in [1.165, 1.54) is 4.31 Å². The molecule has 0 saturated heterocycles. The molecule has 0 bridgehead atoms. The molecular formula is C15H15NO2S2. The molecule has 5 heteroatoms. The zero-order chi connectivity index (χ0) is 14.2. The predicted molar refractivity (Wildman–Crippen MR) is 82.9 cm³/mol. The second kappa shape index (κ2) is 5.14. The van der Waals surface area contributed by atoms with Gasteiger partial charge >= 0.3 is 0 Å². The summed E-state index contributed by atoms with van der Waals surface area (Å²) in [7, 11) is -3.45. The van der Waals surface area contributed by atoms with Crippen molar-refractivity contribution in [1.29, 1.82) is 0 Å². The Kier molecular flexibility index (Phi) is 3.48. The number of nitrogens with zero attached hydrogens (tertiary/aromatic N) is 1. The molecule has 0 saturated carbocycles. The zero-order valence-electron chi connectivity index (χ0n) is 11.1. The summed E-state index contributed by atoms with van der Waals surface area (Å²) in [5.41, 5.74) is 1.90. The SMILES string of the molecule is CSc1ccc(S(=O)(=O)N2CCc3ccccc32)cc1. The van der Waals surface area contributed by atoms with Crippen molar-refractivity contribution < 1.29 is 8.42 Å². The van der Waals surface area contributed by atoms with Crippen molar-refractivity contribution in [2.45, 2.75) is 16.2 Å². The number of fused-ring (bicyclic) bond motifs is 1. The van der Waals surface area contributed by atoms with E-state index in [-0.39, 0.29) is 0 Å². The molecule has 104 valence electrons. The molecule has 0 unspecified atom stereocenters. The van der Waals surface area contributed by atoms with Crippen LogP contribution in [0, 0.1) is 0 Å². The molecule has 0 amide bonds. The fourth-order valence-corrected chi connectivity index (χ4v) is 4.34. The van der Waals surface area contributed by atoms with Crippen molar-refractivity contribution >= 4 is 27.5 Å². The molecular weight excluding hydrogens is 290 g/mol. The van der Waals surface area contributed by atoms with E-state index in [1.807, 2.05) is 42.7 Å².